The van der Waals surface area contributed by atoms with Gasteiger partial charge in [-0.15, -0.1) is 0 Å². The zero-order chi connectivity index (χ0) is 12.8. The molecular weight excluding hydrogens is 350 g/mol. The first-order chi connectivity index (χ1) is 8.08. The highest BCUT2D eigenvalue weighted by Gasteiger charge is 2.11. The largest absolute Gasteiger partial charge is 0.496 e. The topological polar surface area (TPSA) is 38.3 Å². The molecule has 17 heavy (non-hydrogen) atoms. The van der Waals surface area contributed by atoms with Crippen molar-refractivity contribution in [2.75, 3.05) is 12.4 Å². The maximum Gasteiger partial charge on any atom is 0.251 e. The van der Waals surface area contributed by atoms with E-state index in [9.17, 15) is 4.79 Å². The number of methoxy groups -OCH3 is 1. The summed E-state index contributed by atoms with van der Waals surface area (Å²) < 4.78 is 5.89. The Balaban J connectivity index is 2.72. The van der Waals surface area contributed by atoms with E-state index in [-0.39, 0.29) is 11.9 Å². The lowest BCUT2D eigenvalue weighted by molar-refractivity contribution is 0.0939. The molecule has 0 fully saturated rings. The molecule has 0 heterocycles. The van der Waals surface area contributed by atoms with Crippen molar-refractivity contribution in [3.8, 4) is 5.75 Å². The Morgan fingerprint density at radius 1 is 1.53 bits per heavy atom. The Kier molecular flexibility index (Phi) is 5.98. The Morgan fingerprint density at radius 2 is 2.24 bits per heavy atom. The molecule has 0 aliphatic rings. The second-order valence-electron chi connectivity index (χ2n) is 3.70. The first-order valence-corrected chi connectivity index (χ1v) is 7.20. The van der Waals surface area contributed by atoms with Gasteiger partial charge in [-0.05, 0) is 47.5 Å². The minimum Gasteiger partial charge on any atom is -0.496 e. The molecule has 3 nitrogen and oxygen atoms in total. The molecule has 5 heteroatoms. The van der Waals surface area contributed by atoms with E-state index in [4.69, 9.17) is 4.74 Å². The van der Waals surface area contributed by atoms with Gasteiger partial charge in [-0.25, -0.2) is 0 Å². The SMILES string of the molecule is COc1ccc(C(=O)NC(C)CCBr)cc1Br. The number of benzene rings is 1. The maximum atomic E-state index is 11.9. The lowest BCUT2D eigenvalue weighted by Gasteiger charge is -2.13. The van der Waals surface area contributed by atoms with Crippen LogP contribution in [-0.2, 0) is 0 Å². The third kappa shape index (κ3) is 4.32. The highest BCUT2D eigenvalue weighted by Crippen LogP contribution is 2.25. The molecule has 1 N–H and O–H groups in total. The van der Waals surface area contributed by atoms with Gasteiger partial charge in [0.15, 0.2) is 0 Å². The summed E-state index contributed by atoms with van der Waals surface area (Å²) in [6, 6.07) is 5.44. The summed E-state index contributed by atoms with van der Waals surface area (Å²) >= 11 is 6.71. The average Bonchev–Trinajstić information content (AvgIpc) is 2.29. The fraction of sp³-hybridized carbons (Fsp3) is 0.417. The summed E-state index contributed by atoms with van der Waals surface area (Å²) in [6.45, 7) is 1.98. The van der Waals surface area contributed by atoms with Gasteiger partial charge in [-0.1, -0.05) is 15.9 Å². The third-order valence-electron chi connectivity index (χ3n) is 2.33. The molecule has 0 radical (unpaired) electrons. The van der Waals surface area contributed by atoms with Gasteiger partial charge >= 0.3 is 0 Å². The van der Waals surface area contributed by atoms with Crippen LogP contribution < -0.4 is 10.1 Å². The van der Waals surface area contributed by atoms with Gasteiger partial charge in [-0.3, -0.25) is 4.79 Å². The minimum atomic E-state index is -0.0678. The van der Waals surface area contributed by atoms with Crippen LogP contribution in [0, 0.1) is 0 Å². The number of rotatable bonds is 5. The number of carbonyl (C=O) groups is 1. The first-order valence-electron chi connectivity index (χ1n) is 5.29. The fourth-order valence-electron chi connectivity index (χ4n) is 1.35. The highest BCUT2D eigenvalue weighted by molar-refractivity contribution is 9.10. The lowest BCUT2D eigenvalue weighted by Crippen LogP contribution is -2.32. The van der Waals surface area contributed by atoms with Crippen LogP contribution in [0.25, 0.3) is 0 Å². The van der Waals surface area contributed by atoms with Crippen LogP contribution in [0.5, 0.6) is 5.75 Å². The van der Waals surface area contributed by atoms with E-state index in [1.54, 1.807) is 25.3 Å². The summed E-state index contributed by atoms with van der Waals surface area (Å²) in [7, 11) is 1.60. The number of amides is 1. The van der Waals surface area contributed by atoms with Crippen LogP contribution in [-0.4, -0.2) is 24.4 Å². The Labute approximate surface area is 118 Å². The van der Waals surface area contributed by atoms with Crippen molar-refractivity contribution < 1.29 is 9.53 Å². The van der Waals surface area contributed by atoms with Crippen molar-refractivity contribution >= 4 is 37.8 Å². The molecule has 0 saturated carbocycles. The molecule has 1 amide bonds. The number of nitrogens with one attached hydrogen (secondary N) is 1. The van der Waals surface area contributed by atoms with Crippen molar-refractivity contribution in [2.24, 2.45) is 0 Å². The summed E-state index contributed by atoms with van der Waals surface area (Å²) in [4.78, 5) is 11.9. The number of ether oxygens (including phenoxy) is 1. The van der Waals surface area contributed by atoms with E-state index in [2.05, 4.69) is 37.2 Å². The molecule has 0 aliphatic heterocycles. The summed E-state index contributed by atoms with van der Waals surface area (Å²) in [5.41, 5.74) is 0.624. The molecule has 1 rings (SSSR count). The van der Waals surface area contributed by atoms with Crippen molar-refractivity contribution in [1.29, 1.82) is 0 Å². The van der Waals surface area contributed by atoms with Crippen molar-refractivity contribution in [3.63, 3.8) is 0 Å². The number of alkyl halides is 1. The summed E-state index contributed by atoms with van der Waals surface area (Å²) in [5.74, 6) is 0.650. The zero-order valence-corrected chi connectivity index (χ0v) is 13.0. The molecule has 0 spiro atoms. The second kappa shape index (κ2) is 7.01. The summed E-state index contributed by atoms with van der Waals surface area (Å²) in [5, 5.41) is 3.81. The molecule has 1 unspecified atom stereocenters. The van der Waals surface area contributed by atoms with Gasteiger partial charge in [0, 0.05) is 16.9 Å². The lowest BCUT2D eigenvalue weighted by atomic mass is 10.2. The predicted octanol–water partition coefficient (Wildman–Crippen LogP) is 3.36. The average molecular weight is 365 g/mol. The predicted molar refractivity (Wildman–Crippen MR) is 76.0 cm³/mol. The molecule has 1 aromatic carbocycles. The van der Waals surface area contributed by atoms with Gasteiger partial charge in [0.05, 0.1) is 11.6 Å². The van der Waals surface area contributed by atoms with Crippen LogP contribution in [0.4, 0.5) is 0 Å². The summed E-state index contributed by atoms with van der Waals surface area (Å²) in [6.07, 6.45) is 0.906. The van der Waals surface area contributed by atoms with Crippen LogP contribution >= 0.6 is 31.9 Å². The van der Waals surface area contributed by atoms with E-state index in [1.807, 2.05) is 6.92 Å². The molecule has 0 aliphatic carbocycles. The van der Waals surface area contributed by atoms with E-state index in [1.165, 1.54) is 0 Å². The smallest absolute Gasteiger partial charge is 0.251 e. The van der Waals surface area contributed by atoms with E-state index < -0.39 is 0 Å². The van der Waals surface area contributed by atoms with Crippen LogP contribution in [0.2, 0.25) is 0 Å². The molecule has 0 aromatic heterocycles. The van der Waals surface area contributed by atoms with Gasteiger partial charge in [0.25, 0.3) is 5.91 Å². The molecule has 94 valence electrons. The third-order valence-corrected chi connectivity index (χ3v) is 3.41. The van der Waals surface area contributed by atoms with E-state index >= 15 is 0 Å². The highest BCUT2D eigenvalue weighted by atomic mass is 79.9. The normalized spacial score (nSPS) is 12.0. The molecule has 1 aromatic rings. The van der Waals surface area contributed by atoms with Gasteiger partial charge in [-0.2, -0.15) is 0 Å². The van der Waals surface area contributed by atoms with Gasteiger partial charge in [0.2, 0.25) is 0 Å². The number of hydrogen-bond acceptors (Lipinski definition) is 2. The van der Waals surface area contributed by atoms with Crippen molar-refractivity contribution in [1.82, 2.24) is 5.32 Å². The van der Waals surface area contributed by atoms with Crippen LogP contribution in [0.1, 0.15) is 23.7 Å². The molecule has 1 atom stereocenters. The Bertz CT molecular complexity index is 396. The van der Waals surface area contributed by atoms with Crippen molar-refractivity contribution in [2.45, 2.75) is 19.4 Å². The molecule has 0 saturated heterocycles. The standard InChI is InChI=1S/C12H15Br2NO2/c1-8(5-6-13)15-12(16)9-3-4-11(17-2)10(14)7-9/h3-4,7-8H,5-6H2,1-2H3,(H,15,16). The van der Waals surface area contributed by atoms with Gasteiger partial charge < -0.3 is 10.1 Å². The van der Waals surface area contributed by atoms with Crippen molar-refractivity contribution in [3.05, 3.63) is 28.2 Å². The quantitative estimate of drug-likeness (QED) is 0.813. The van der Waals surface area contributed by atoms with Gasteiger partial charge in [0.1, 0.15) is 5.75 Å². The maximum absolute atomic E-state index is 11.9. The molecule has 0 bridgehead atoms. The van der Waals surface area contributed by atoms with E-state index in [0.29, 0.717) is 5.56 Å². The zero-order valence-electron chi connectivity index (χ0n) is 9.80. The molecular formula is C12H15Br2NO2. The van der Waals surface area contributed by atoms with E-state index in [0.717, 1.165) is 22.0 Å². The monoisotopic (exact) mass is 363 g/mol. The number of carbonyl (C=O) groups excluding carboxylic acids is 1. The second-order valence-corrected chi connectivity index (χ2v) is 5.35. The van der Waals surface area contributed by atoms with Crippen LogP contribution in [0.3, 0.4) is 0 Å². The number of hydrogen-bond donors (Lipinski definition) is 1. The Hall–Kier alpha value is -0.550. The van der Waals surface area contributed by atoms with Crippen LogP contribution in [0.15, 0.2) is 22.7 Å². The number of halogens is 2. The first kappa shape index (κ1) is 14.5. The fourth-order valence-corrected chi connectivity index (χ4v) is 2.58. The Morgan fingerprint density at radius 3 is 2.76 bits per heavy atom. The minimum absolute atomic E-state index is 0.0678.